The van der Waals surface area contributed by atoms with Gasteiger partial charge in [-0.2, -0.15) is 0 Å². The lowest BCUT2D eigenvalue weighted by atomic mass is 10.1. The van der Waals surface area contributed by atoms with Crippen LogP contribution in [0.5, 0.6) is 0 Å². The zero-order valence-electron chi connectivity index (χ0n) is 6.58. The van der Waals surface area contributed by atoms with E-state index in [2.05, 4.69) is 14.7 Å². The van der Waals surface area contributed by atoms with Gasteiger partial charge in [-0.15, -0.1) is 9.24 Å². The predicted molar refractivity (Wildman–Crippen MR) is 51.5 cm³/mol. The fourth-order valence-corrected chi connectivity index (χ4v) is 1.15. The van der Waals surface area contributed by atoms with Gasteiger partial charge in [0.2, 0.25) is 0 Å². The SMILES string of the molecule is NNC(=O)c1ccc(CP)cc1. The normalized spacial score (nSPS) is 9.50. The van der Waals surface area contributed by atoms with Gasteiger partial charge in [0, 0.05) is 5.56 Å². The van der Waals surface area contributed by atoms with E-state index in [9.17, 15) is 4.79 Å². The molecule has 0 saturated carbocycles. The largest absolute Gasteiger partial charge is 0.290 e. The Kier molecular flexibility index (Phi) is 3.20. The number of hydrogen-bond donors (Lipinski definition) is 2. The minimum atomic E-state index is -0.259. The lowest BCUT2D eigenvalue weighted by Gasteiger charge is -2.00. The lowest BCUT2D eigenvalue weighted by Crippen LogP contribution is -2.29. The molecular weight excluding hydrogens is 171 g/mol. The van der Waals surface area contributed by atoms with Crippen LogP contribution in [-0.2, 0) is 6.16 Å². The number of hydrazine groups is 1. The third-order valence-corrected chi connectivity index (χ3v) is 2.05. The van der Waals surface area contributed by atoms with Crippen LogP contribution in [0.15, 0.2) is 24.3 Å². The Bertz CT molecular complexity index is 271. The second-order valence-electron chi connectivity index (χ2n) is 2.37. The van der Waals surface area contributed by atoms with Crippen molar-refractivity contribution in [1.82, 2.24) is 5.43 Å². The van der Waals surface area contributed by atoms with E-state index in [1.54, 1.807) is 12.1 Å². The fourth-order valence-electron chi connectivity index (χ4n) is 0.876. The number of amides is 1. The summed E-state index contributed by atoms with van der Waals surface area (Å²) in [4.78, 5) is 11.0. The zero-order valence-corrected chi connectivity index (χ0v) is 7.73. The molecular formula is C8H11N2OP. The summed E-state index contributed by atoms with van der Waals surface area (Å²) >= 11 is 0. The molecule has 0 spiro atoms. The minimum Gasteiger partial charge on any atom is -0.290 e. The number of carbonyl (C=O) groups excluding carboxylic acids is 1. The van der Waals surface area contributed by atoms with Gasteiger partial charge in [-0.25, -0.2) is 5.84 Å². The Balaban J connectivity index is 2.84. The molecule has 1 amide bonds. The van der Waals surface area contributed by atoms with Crippen LogP contribution in [0.4, 0.5) is 0 Å². The van der Waals surface area contributed by atoms with Crippen LogP contribution in [0.25, 0.3) is 0 Å². The Morgan fingerprint density at radius 3 is 2.42 bits per heavy atom. The highest BCUT2D eigenvalue weighted by Gasteiger charge is 2.00. The van der Waals surface area contributed by atoms with Crippen LogP contribution in [0.3, 0.4) is 0 Å². The highest BCUT2D eigenvalue weighted by Crippen LogP contribution is 2.07. The smallest absolute Gasteiger partial charge is 0.265 e. The van der Waals surface area contributed by atoms with Crippen molar-refractivity contribution < 1.29 is 4.79 Å². The van der Waals surface area contributed by atoms with E-state index in [0.29, 0.717) is 5.56 Å². The van der Waals surface area contributed by atoms with E-state index >= 15 is 0 Å². The minimum absolute atomic E-state index is 0.259. The van der Waals surface area contributed by atoms with Crippen molar-refractivity contribution in [3.63, 3.8) is 0 Å². The highest BCUT2D eigenvalue weighted by atomic mass is 31.0. The van der Waals surface area contributed by atoms with Gasteiger partial charge in [-0.1, -0.05) is 12.1 Å². The van der Waals surface area contributed by atoms with E-state index in [1.807, 2.05) is 12.1 Å². The maximum absolute atomic E-state index is 11.0. The van der Waals surface area contributed by atoms with E-state index in [0.717, 1.165) is 6.16 Å². The summed E-state index contributed by atoms with van der Waals surface area (Å²) in [5, 5.41) is 0. The molecule has 1 unspecified atom stereocenters. The van der Waals surface area contributed by atoms with Crippen LogP contribution < -0.4 is 11.3 Å². The van der Waals surface area contributed by atoms with Crippen LogP contribution in [0, 0.1) is 0 Å². The number of rotatable bonds is 2. The van der Waals surface area contributed by atoms with Crippen molar-refractivity contribution in [1.29, 1.82) is 0 Å². The second-order valence-corrected chi connectivity index (χ2v) is 2.78. The average molecular weight is 182 g/mol. The topological polar surface area (TPSA) is 55.1 Å². The first-order valence-electron chi connectivity index (χ1n) is 3.58. The third-order valence-electron chi connectivity index (χ3n) is 1.58. The van der Waals surface area contributed by atoms with E-state index in [1.165, 1.54) is 5.56 Å². The molecule has 0 saturated heterocycles. The van der Waals surface area contributed by atoms with E-state index in [-0.39, 0.29) is 5.91 Å². The molecule has 0 aromatic heterocycles. The monoisotopic (exact) mass is 182 g/mol. The molecule has 0 bridgehead atoms. The Labute approximate surface area is 73.5 Å². The molecule has 0 radical (unpaired) electrons. The van der Waals surface area contributed by atoms with Crippen molar-refractivity contribution in [2.24, 2.45) is 5.84 Å². The molecule has 0 aliphatic rings. The summed E-state index contributed by atoms with van der Waals surface area (Å²) in [6.07, 6.45) is 0.893. The third kappa shape index (κ3) is 2.03. The molecule has 0 aliphatic carbocycles. The number of benzene rings is 1. The van der Waals surface area contributed by atoms with Gasteiger partial charge in [0.15, 0.2) is 0 Å². The van der Waals surface area contributed by atoms with Gasteiger partial charge in [-0.05, 0) is 23.9 Å². The van der Waals surface area contributed by atoms with Crippen LogP contribution in [0.1, 0.15) is 15.9 Å². The van der Waals surface area contributed by atoms with Crippen LogP contribution in [-0.4, -0.2) is 5.91 Å². The molecule has 0 heterocycles. The molecule has 64 valence electrons. The lowest BCUT2D eigenvalue weighted by molar-refractivity contribution is 0.0953. The predicted octanol–water partition coefficient (Wildman–Crippen LogP) is 0.665. The summed E-state index contributed by atoms with van der Waals surface area (Å²) in [6, 6.07) is 7.30. The summed E-state index contributed by atoms with van der Waals surface area (Å²) in [5.41, 5.74) is 3.83. The first kappa shape index (κ1) is 9.17. The van der Waals surface area contributed by atoms with Crippen molar-refractivity contribution in [2.45, 2.75) is 6.16 Å². The molecule has 1 aromatic carbocycles. The van der Waals surface area contributed by atoms with Crippen molar-refractivity contribution >= 4 is 15.1 Å². The van der Waals surface area contributed by atoms with Gasteiger partial charge >= 0.3 is 0 Å². The first-order chi connectivity index (χ1) is 5.77. The molecule has 1 aromatic rings. The molecule has 1 rings (SSSR count). The number of hydrogen-bond acceptors (Lipinski definition) is 2. The maximum atomic E-state index is 11.0. The van der Waals surface area contributed by atoms with E-state index in [4.69, 9.17) is 5.84 Å². The molecule has 0 aliphatic heterocycles. The molecule has 1 atom stereocenters. The average Bonchev–Trinajstić information content (AvgIpc) is 2.17. The molecule has 3 nitrogen and oxygen atoms in total. The van der Waals surface area contributed by atoms with Gasteiger partial charge in [0.25, 0.3) is 5.91 Å². The highest BCUT2D eigenvalue weighted by molar-refractivity contribution is 7.15. The summed E-state index contributed by atoms with van der Waals surface area (Å²) in [6.45, 7) is 0. The van der Waals surface area contributed by atoms with Crippen molar-refractivity contribution in [2.75, 3.05) is 0 Å². The van der Waals surface area contributed by atoms with Gasteiger partial charge in [-0.3, -0.25) is 10.2 Å². The Morgan fingerprint density at radius 1 is 1.42 bits per heavy atom. The van der Waals surface area contributed by atoms with Crippen LogP contribution in [0.2, 0.25) is 0 Å². The molecule has 0 fully saturated rings. The molecule has 12 heavy (non-hydrogen) atoms. The van der Waals surface area contributed by atoms with Crippen LogP contribution >= 0.6 is 9.24 Å². The number of nitrogens with two attached hydrogens (primary N) is 1. The summed E-state index contributed by atoms with van der Waals surface area (Å²) < 4.78 is 0. The van der Waals surface area contributed by atoms with Crippen molar-refractivity contribution in [3.8, 4) is 0 Å². The standard InChI is InChI=1S/C8H11N2OP/c9-10-8(11)7-3-1-6(5-12)2-4-7/h1-4H,5,9,12H2,(H,10,11). The molecule has 4 heteroatoms. The summed E-state index contributed by atoms with van der Waals surface area (Å²) in [5.74, 6) is 4.71. The zero-order chi connectivity index (χ0) is 8.97. The first-order valence-corrected chi connectivity index (χ1v) is 4.39. The number of nitrogen functional groups attached to an aromatic ring is 1. The van der Waals surface area contributed by atoms with Gasteiger partial charge < -0.3 is 0 Å². The van der Waals surface area contributed by atoms with Crippen molar-refractivity contribution in [3.05, 3.63) is 35.4 Å². The number of nitrogens with one attached hydrogen (secondary N) is 1. The van der Waals surface area contributed by atoms with Gasteiger partial charge in [0.05, 0.1) is 0 Å². The maximum Gasteiger partial charge on any atom is 0.265 e. The Hall–Kier alpha value is -0.920. The summed E-state index contributed by atoms with van der Waals surface area (Å²) in [7, 11) is 2.62. The quantitative estimate of drug-likeness (QED) is 0.305. The second kappa shape index (κ2) is 4.19. The Morgan fingerprint density at radius 2 is 2.00 bits per heavy atom. The molecule has 3 N–H and O–H groups in total. The number of carbonyl (C=O) groups is 1. The van der Waals surface area contributed by atoms with E-state index < -0.39 is 0 Å². The van der Waals surface area contributed by atoms with Gasteiger partial charge in [0.1, 0.15) is 0 Å². The fraction of sp³-hybridized carbons (Fsp3) is 0.125.